The molecule has 0 spiro atoms. The van der Waals surface area contributed by atoms with E-state index >= 15 is 0 Å². The topological polar surface area (TPSA) is 87.7 Å². The average Bonchev–Trinajstić information content (AvgIpc) is 3.06. The van der Waals surface area contributed by atoms with Gasteiger partial charge in [-0.1, -0.05) is 18.2 Å². The fraction of sp³-hybridized carbons (Fsp3) is 0.278. The van der Waals surface area contributed by atoms with E-state index in [9.17, 15) is 13.2 Å². The van der Waals surface area contributed by atoms with E-state index < -0.39 is 10.0 Å². The minimum Gasteiger partial charge on any atom is -0.383 e. The van der Waals surface area contributed by atoms with E-state index in [1.807, 2.05) is 6.07 Å². The van der Waals surface area contributed by atoms with Gasteiger partial charge >= 0.3 is 6.03 Å². The van der Waals surface area contributed by atoms with Gasteiger partial charge in [0.25, 0.3) is 10.0 Å². The van der Waals surface area contributed by atoms with Crippen LogP contribution in [0.4, 0.5) is 16.2 Å². The first-order valence-electron chi connectivity index (χ1n) is 8.27. The zero-order valence-electron chi connectivity index (χ0n) is 14.4. The van der Waals surface area contributed by atoms with Crippen molar-refractivity contribution in [1.82, 2.24) is 5.32 Å². The van der Waals surface area contributed by atoms with E-state index in [2.05, 4.69) is 10.6 Å². The number of hydrogen-bond acceptors (Lipinski definition) is 4. The molecule has 138 valence electrons. The number of methoxy groups -OCH3 is 1. The first-order chi connectivity index (χ1) is 12.5. The summed E-state index contributed by atoms with van der Waals surface area (Å²) >= 11 is 0. The number of rotatable bonds is 6. The van der Waals surface area contributed by atoms with Crippen LogP contribution in [0.3, 0.4) is 0 Å². The first kappa shape index (κ1) is 18.2. The second-order valence-corrected chi connectivity index (χ2v) is 7.72. The molecule has 0 unspecified atom stereocenters. The molecule has 26 heavy (non-hydrogen) atoms. The largest absolute Gasteiger partial charge is 0.383 e. The number of amides is 2. The van der Waals surface area contributed by atoms with Crippen molar-refractivity contribution >= 4 is 27.4 Å². The van der Waals surface area contributed by atoms with Crippen LogP contribution in [-0.4, -0.2) is 41.3 Å². The normalized spacial score (nSPS) is 13.3. The van der Waals surface area contributed by atoms with Gasteiger partial charge in [-0.15, -0.1) is 0 Å². The van der Waals surface area contributed by atoms with E-state index in [0.29, 0.717) is 37.5 Å². The van der Waals surface area contributed by atoms with Gasteiger partial charge in [0.05, 0.1) is 17.2 Å². The monoisotopic (exact) mass is 375 g/mol. The Morgan fingerprint density at radius 1 is 1.19 bits per heavy atom. The molecule has 0 radical (unpaired) electrons. The maximum absolute atomic E-state index is 12.8. The van der Waals surface area contributed by atoms with Crippen LogP contribution in [-0.2, 0) is 21.2 Å². The molecular formula is C18H21N3O4S. The van der Waals surface area contributed by atoms with Crippen molar-refractivity contribution in [2.24, 2.45) is 0 Å². The molecule has 2 aromatic rings. The molecule has 1 aliphatic heterocycles. The molecule has 2 aromatic carbocycles. The van der Waals surface area contributed by atoms with Gasteiger partial charge in [-0.05, 0) is 42.3 Å². The minimum atomic E-state index is -3.58. The Morgan fingerprint density at radius 2 is 1.96 bits per heavy atom. The summed E-state index contributed by atoms with van der Waals surface area (Å²) in [5.74, 6) is 0. The predicted octanol–water partition coefficient (Wildman–Crippen LogP) is 2.21. The second-order valence-electron chi connectivity index (χ2n) is 5.86. The fourth-order valence-corrected chi connectivity index (χ4v) is 4.38. The number of anilines is 2. The summed E-state index contributed by atoms with van der Waals surface area (Å²) < 4.78 is 32.0. The molecule has 0 aromatic heterocycles. The van der Waals surface area contributed by atoms with Crippen LogP contribution in [0.2, 0.25) is 0 Å². The number of hydrogen-bond donors (Lipinski definition) is 2. The van der Waals surface area contributed by atoms with E-state index in [0.717, 1.165) is 5.56 Å². The Kier molecular flexibility index (Phi) is 5.43. The highest BCUT2D eigenvalue weighted by atomic mass is 32.2. The first-order valence-corrected chi connectivity index (χ1v) is 9.71. The molecule has 1 aliphatic rings. The molecule has 0 bridgehead atoms. The number of urea groups is 1. The van der Waals surface area contributed by atoms with Gasteiger partial charge in [0, 0.05) is 25.9 Å². The Bertz CT molecular complexity index is 885. The quantitative estimate of drug-likeness (QED) is 0.758. The summed E-state index contributed by atoms with van der Waals surface area (Å²) in [4.78, 5) is 12.1. The molecule has 0 saturated heterocycles. The van der Waals surface area contributed by atoms with Crippen molar-refractivity contribution in [3.63, 3.8) is 0 Å². The van der Waals surface area contributed by atoms with Gasteiger partial charge in [0.2, 0.25) is 0 Å². The highest BCUT2D eigenvalue weighted by molar-refractivity contribution is 7.92. The van der Waals surface area contributed by atoms with Gasteiger partial charge in [-0.25, -0.2) is 13.2 Å². The zero-order chi connectivity index (χ0) is 18.6. The second kappa shape index (κ2) is 7.76. The lowest BCUT2D eigenvalue weighted by Crippen LogP contribution is -2.31. The summed E-state index contributed by atoms with van der Waals surface area (Å²) in [5, 5.41) is 5.42. The highest BCUT2D eigenvalue weighted by Crippen LogP contribution is 2.34. The Hall–Kier alpha value is -2.58. The predicted molar refractivity (Wildman–Crippen MR) is 100 cm³/mol. The van der Waals surface area contributed by atoms with Crippen LogP contribution in [0.1, 0.15) is 5.56 Å². The van der Waals surface area contributed by atoms with E-state index in [4.69, 9.17) is 4.74 Å². The molecule has 2 N–H and O–H groups in total. The van der Waals surface area contributed by atoms with E-state index in [-0.39, 0.29) is 10.9 Å². The molecule has 3 rings (SSSR count). The number of sulfonamides is 1. The fourth-order valence-electron chi connectivity index (χ4n) is 2.86. The number of fused-ring (bicyclic) bond motifs is 1. The Labute approximate surface area is 153 Å². The van der Waals surface area contributed by atoms with Crippen LogP contribution in [0, 0.1) is 0 Å². The van der Waals surface area contributed by atoms with Crippen molar-refractivity contribution in [2.75, 3.05) is 36.4 Å². The summed E-state index contributed by atoms with van der Waals surface area (Å²) in [7, 11) is -2.02. The zero-order valence-corrected chi connectivity index (χ0v) is 15.3. The Morgan fingerprint density at radius 3 is 2.69 bits per heavy atom. The number of ether oxygens (including phenoxy) is 1. The van der Waals surface area contributed by atoms with Gasteiger partial charge in [0.15, 0.2) is 0 Å². The van der Waals surface area contributed by atoms with Gasteiger partial charge in [-0.3, -0.25) is 4.31 Å². The third kappa shape index (κ3) is 3.81. The molecule has 0 fully saturated rings. The molecule has 0 saturated carbocycles. The lowest BCUT2D eigenvalue weighted by molar-refractivity contribution is 0.198. The number of benzene rings is 2. The smallest absolute Gasteiger partial charge is 0.319 e. The van der Waals surface area contributed by atoms with Crippen LogP contribution in [0.25, 0.3) is 0 Å². The van der Waals surface area contributed by atoms with Crippen molar-refractivity contribution in [1.29, 1.82) is 0 Å². The highest BCUT2D eigenvalue weighted by Gasteiger charge is 2.30. The van der Waals surface area contributed by atoms with E-state index in [1.54, 1.807) is 49.6 Å². The van der Waals surface area contributed by atoms with Crippen LogP contribution in [0.15, 0.2) is 53.4 Å². The number of nitrogens with zero attached hydrogens (tertiary/aromatic N) is 1. The molecular weight excluding hydrogens is 354 g/mol. The molecule has 8 heteroatoms. The SMILES string of the molecule is COCCNC(=O)Nc1ccc2c(c1)CCN2S(=O)(=O)c1ccccc1. The standard InChI is InChI=1S/C18H21N3O4S/c1-25-12-10-19-18(22)20-15-7-8-17-14(13-15)9-11-21(17)26(23,24)16-5-3-2-4-6-16/h2-8,13H,9-12H2,1H3,(H2,19,20,22). The van der Waals surface area contributed by atoms with Gasteiger partial charge in [-0.2, -0.15) is 0 Å². The maximum atomic E-state index is 12.8. The third-order valence-electron chi connectivity index (χ3n) is 4.11. The average molecular weight is 375 g/mol. The maximum Gasteiger partial charge on any atom is 0.319 e. The lowest BCUT2D eigenvalue weighted by atomic mass is 10.1. The molecule has 0 atom stereocenters. The summed E-state index contributed by atoms with van der Waals surface area (Å²) in [6.45, 7) is 1.23. The number of carbonyl (C=O) groups is 1. The van der Waals surface area contributed by atoms with Crippen LogP contribution < -0.4 is 14.9 Å². The molecule has 0 aliphatic carbocycles. The van der Waals surface area contributed by atoms with E-state index in [1.165, 1.54) is 4.31 Å². The molecule has 7 nitrogen and oxygen atoms in total. The van der Waals surface area contributed by atoms with Crippen molar-refractivity contribution < 1.29 is 17.9 Å². The lowest BCUT2D eigenvalue weighted by Gasteiger charge is -2.19. The van der Waals surface area contributed by atoms with Crippen molar-refractivity contribution in [3.8, 4) is 0 Å². The van der Waals surface area contributed by atoms with Crippen molar-refractivity contribution in [2.45, 2.75) is 11.3 Å². The number of carbonyl (C=O) groups excluding carboxylic acids is 1. The summed E-state index contributed by atoms with van der Waals surface area (Å²) in [5.41, 5.74) is 2.16. The van der Waals surface area contributed by atoms with Gasteiger partial charge in [0.1, 0.15) is 0 Å². The van der Waals surface area contributed by atoms with Crippen LogP contribution >= 0.6 is 0 Å². The van der Waals surface area contributed by atoms with Gasteiger partial charge < -0.3 is 15.4 Å². The van der Waals surface area contributed by atoms with Crippen molar-refractivity contribution in [3.05, 3.63) is 54.1 Å². The van der Waals surface area contributed by atoms with Crippen LogP contribution in [0.5, 0.6) is 0 Å². The molecule has 1 heterocycles. The summed E-state index contributed by atoms with van der Waals surface area (Å²) in [6, 6.07) is 13.3. The minimum absolute atomic E-state index is 0.271. The Balaban J connectivity index is 1.75. The number of nitrogens with one attached hydrogen (secondary N) is 2. The molecule has 2 amide bonds. The summed E-state index contributed by atoms with van der Waals surface area (Å²) in [6.07, 6.45) is 0.599. The third-order valence-corrected chi connectivity index (χ3v) is 5.94.